The summed E-state index contributed by atoms with van der Waals surface area (Å²) in [5, 5.41) is 0. The standard InChI is InChI=1S/C77H140O6/c1-4-7-10-13-16-19-22-24-26-28-30-31-32-33-34-35-36-37-38-39-40-41-42-43-44-45-47-48-50-52-55-58-61-64-67-70-76(79)82-73-74(72-81-75(78)69-66-63-60-57-54-21-18-15-12-9-6-3)83-77(80)71-68-65-62-59-56-53-51-49-46-29-27-25-23-20-17-14-11-8-5-2/h7,10,16,19,24,26,30-31,33-34,74H,4-6,8-9,11-15,17-18,20-23,25,27-29,32,35-73H2,1-3H3/b10-7-,19-16-,26-24-,31-30-,34-33-. The molecule has 0 N–H and O–H groups in total. The van der Waals surface area contributed by atoms with Gasteiger partial charge >= 0.3 is 17.9 Å². The zero-order valence-corrected chi connectivity index (χ0v) is 55.7. The van der Waals surface area contributed by atoms with E-state index in [0.29, 0.717) is 19.3 Å². The summed E-state index contributed by atoms with van der Waals surface area (Å²) in [5.41, 5.74) is 0. The van der Waals surface area contributed by atoms with Crippen LogP contribution in [0.4, 0.5) is 0 Å². The number of allylic oxidation sites excluding steroid dienone is 10. The monoisotopic (exact) mass is 1160 g/mol. The summed E-state index contributed by atoms with van der Waals surface area (Å²) >= 11 is 0. The summed E-state index contributed by atoms with van der Waals surface area (Å²) < 4.78 is 17.0. The van der Waals surface area contributed by atoms with Gasteiger partial charge in [0.1, 0.15) is 13.2 Å². The second-order valence-corrected chi connectivity index (χ2v) is 24.8. The van der Waals surface area contributed by atoms with Gasteiger partial charge in [-0.3, -0.25) is 14.4 Å². The van der Waals surface area contributed by atoms with Crippen molar-refractivity contribution in [2.45, 2.75) is 399 Å². The van der Waals surface area contributed by atoms with Crippen LogP contribution in [0.25, 0.3) is 0 Å². The first kappa shape index (κ1) is 80.1. The molecule has 0 saturated carbocycles. The maximum Gasteiger partial charge on any atom is 0.306 e. The lowest BCUT2D eigenvalue weighted by Crippen LogP contribution is -2.30. The second kappa shape index (κ2) is 71.6. The van der Waals surface area contributed by atoms with E-state index in [0.717, 1.165) is 89.9 Å². The van der Waals surface area contributed by atoms with Crippen molar-refractivity contribution in [2.24, 2.45) is 0 Å². The smallest absolute Gasteiger partial charge is 0.306 e. The maximum absolute atomic E-state index is 12.9. The average Bonchev–Trinajstić information content (AvgIpc) is 3.48. The first-order valence-electron chi connectivity index (χ1n) is 36.8. The lowest BCUT2D eigenvalue weighted by atomic mass is 10.0. The SMILES string of the molecule is CC/C=C\C/C=C\C/C=C\C/C=C\C/C=C\CCCCCCCCCCCCCCCCCCCCCC(=O)OCC(COC(=O)CCCCCCCCCCCCC)OC(=O)CCCCCCCCCCCCCCCCCCCCC. The van der Waals surface area contributed by atoms with Crippen molar-refractivity contribution < 1.29 is 28.6 Å². The van der Waals surface area contributed by atoms with Crippen LogP contribution in [-0.4, -0.2) is 37.2 Å². The summed E-state index contributed by atoms with van der Waals surface area (Å²) in [5.74, 6) is -0.836. The minimum Gasteiger partial charge on any atom is -0.462 e. The molecule has 0 spiro atoms. The predicted molar refractivity (Wildman–Crippen MR) is 362 cm³/mol. The van der Waals surface area contributed by atoms with Crippen LogP contribution in [0.3, 0.4) is 0 Å². The zero-order valence-electron chi connectivity index (χ0n) is 55.7. The highest BCUT2D eigenvalue weighted by molar-refractivity contribution is 5.71. The summed E-state index contributed by atoms with van der Waals surface area (Å²) in [6.07, 6.45) is 92.7. The highest BCUT2D eigenvalue weighted by Crippen LogP contribution is 2.19. The molecule has 484 valence electrons. The topological polar surface area (TPSA) is 78.9 Å². The van der Waals surface area contributed by atoms with E-state index < -0.39 is 6.10 Å². The molecular weight excluding hydrogens is 1020 g/mol. The Labute approximate surface area is 517 Å². The minimum absolute atomic E-state index is 0.0654. The van der Waals surface area contributed by atoms with Gasteiger partial charge in [-0.25, -0.2) is 0 Å². The number of hydrogen-bond acceptors (Lipinski definition) is 6. The van der Waals surface area contributed by atoms with Gasteiger partial charge in [-0.1, -0.05) is 370 Å². The molecule has 0 rings (SSSR count). The van der Waals surface area contributed by atoms with Crippen molar-refractivity contribution in [1.29, 1.82) is 0 Å². The zero-order chi connectivity index (χ0) is 59.9. The molecular formula is C77H140O6. The number of rotatable bonds is 68. The Hall–Kier alpha value is -2.89. The highest BCUT2D eigenvalue weighted by atomic mass is 16.6. The van der Waals surface area contributed by atoms with Gasteiger partial charge < -0.3 is 14.2 Å². The largest absolute Gasteiger partial charge is 0.462 e. The Bertz CT molecular complexity index is 1470. The molecule has 0 aliphatic heterocycles. The van der Waals surface area contributed by atoms with Crippen LogP contribution in [0.5, 0.6) is 0 Å². The molecule has 0 saturated heterocycles. The molecule has 0 amide bonds. The van der Waals surface area contributed by atoms with Gasteiger partial charge in [-0.15, -0.1) is 0 Å². The number of ether oxygens (including phenoxy) is 3. The molecule has 6 nitrogen and oxygen atoms in total. The molecule has 1 unspecified atom stereocenters. The number of esters is 3. The van der Waals surface area contributed by atoms with Gasteiger partial charge in [0, 0.05) is 19.3 Å². The third kappa shape index (κ3) is 69.8. The second-order valence-electron chi connectivity index (χ2n) is 24.8. The molecule has 0 aliphatic carbocycles. The molecule has 1 atom stereocenters. The van der Waals surface area contributed by atoms with Crippen LogP contribution in [0.15, 0.2) is 60.8 Å². The van der Waals surface area contributed by atoms with E-state index >= 15 is 0 Å². The first-order chi connectivity index (χ1) is 41.0. The average molecular weight is 1160 g/mol. The fourth-order valence-electron chi connectivity index (χ4n) is 11.1. The third-order valence-corrected chi connectivity index (χ3v) is 16.5. The maximum atomic E-state index is 12.9. The summed E-state index contributed by atoms with van der Waals surface area (Å²) in [4.78, 5) is 38.4. The summed E-state index contributed by atoms with van der Waals surface area (Å²) in [6, 6.07) is 0. The Morgan fingerprint density at radius 3 is 0.735 bits per heavy atom. The normalized spacial score (nSPS) is 12.4. The van der Waals surface area contributed by atoms with Crippen molar-refractivity contribution in [1.82, 2.24) is 0 Å². The quantitative estimate of drug-likeness (QED) is 0.0261. The van der Waals surface area contributed by atoms with Gasteiger partial charge in [0.2, 0.25) is 0 Å². The Balaban J connectivity index is 4.07. The van der Waals surface area contributed by atoms with Crippen molar-refractivity contribution in [2.75, 3.05) is 13.2 Å². The van der Waals surface area contributed by atoms with E-state index in [2.05, 4.69) is 81.5 Å². The molecule has 6 heteroatoms. The van der Waals surface area contributed by atoms with E-state index in [1.807, 2.05) is 0 Å². The van der Waals surface area contributed by atoms with E-state index in [1.54, 1.807) is 0 Å². The van der Waals surface area contributed by atoms with Crippen LogP contribution < -0.4 is 0 Å². The third-order valence-electron chi connectivity index (χ3n) is 16.5. The molecule has 0 bridgehead atoms. The molecule has 0 aromatic rings. The molecule has 0 fully saturated rings. The van der Waals surface area contributed by atoms with Crippen molar-refractivity contribution in [3.63, 3.8) is 0 Å². The molecule has 0 radical (unpaired) electrons. The van der Waals surface area contributed by atoms with E-state index in [1.165, 1.54) is 263 Å². The fraction of sp³-hybridized carbons (Fsp3) is 0.831. The van der Waals surface area contributed by atoms with Gasteiger partial charge in [-0.2, -0.15) is 0 Å². The van der Waals surface area contributed by atoms with E-state index in [-0.39, 0.29) is 31.1 Å². The highest BCUT2D eigenvalue weighted by Gasteiger charge is 2.19. The minimum atomic E-state index is -0.768. The Morgan fingerprint density at radius 2 is 0.470 bits per heavy atom. The number of hydrogen-bond donors (Lipinski definition) is 0. The molecule has 0 aromatic heterocycles. The fourth-order valence-corrected chi connectivity index (χ4v) is 11.1. The predicted octanol–water partition coefficient (Wildman–Crippen LogP) is 25.5. The molecule has 0 heterocycles. The lowest BCUT2D eigenvalue weighted by Gasteiger charge is -2.18. The number of carbonyl (C=O) groups is 3. The van der Waals surface area contributed by atoms with Gasteiger partial charge in [0.15, 0.2) is 6.10 Å². The van der Waals surface area contributed by atoms with Crippen LogP contribution in [-0.2, 0) is 28.6 Å². The summed E-state index contributed by atoms with van der Waals surface area (Å²) in [7, 11) is 0. The number of carbonyl (C=O) groups excluding carboxylic acids is 3. The van der Waals surface area contributed by atoms with E-state index in [4.69, 9.17) is 14.2 Å². The lowest BCUT2D eigenvalue weighted by molar-refractivity contribution is -0.167. The Kier molecular flexibility index (Phi) is 69.1. The van der Waals surface area contributed by atoms with Crippen LogP contribution in [0, 0.1) is 0 Å². The molecule has 83 heavy (non-hydrogen) atoms. The molecule has 0 aromatic carbocycles. The van der Waals surface area contributed by atoms with Crippen LogP contribution in [0.1, 0.15) is 393 Å². The van der Waals surface area contributed by atoms with E-state index in [9.17, 15) is 14.4 Å². The van der Waals surface area contributed by atoms with Gasteiger partial charge in [0.25, 0.3) is 0 Å². The summed E-state index contributed by atoms with van der Waals surface area (Å²) in [6.45, 7) is 6.59. The van der Waals surface area contributed by atoms with Crippen molar-refractivity contribution in [3.8, 4) is 0 Å². The van der Waals surface area contributed by atoms with Gasteiger partial charge in [0.05, 0.1) is 0 Å². The number of unbranched alkanes of at least 4 members (excludes halogenated alkanes) is 47. The molecule has 0 aliphatic rings. The first-order valence-corrected chi connectivity index (χ1v) is 36.8. The van der Waals surface area contributed by atoms with Gasteiger partial charge in [-0.05, 0) is 64.2 Å². The van der Waals surface area contributed by atoms with Crippen LogP contribution in [0.2, 0.25) is 0 Å². The van der Waals surface area contributed by atoms with Crippen molar-refractivity contribution >= 4 is 17.9 Å². The van der Waals surface area contributed by atoms with Crippen molar-refractivity contribution in [3.05, 3.63) is 60.8 Å². The Morgan fingerprint density at radius 1 is 0.253 bits per heavy atom. The van der Waals surface area contributed by atoms with Crippen LogP contribution >= 0.6 is 0 Å².